The molecule has 2 amide bonds. The number of halogens is 1. The number of nitrogens with one attached hydrogen (secondary N) is 2. The molecule has 130 valence electrons. The van der Waals surface area contributed by atoms with Crippen molar-refractivity contribution in [3.8, 4) is 0 Å². The number of hydrogen-bond donors (Lipinski definition) is 2. The third kappa shape index (κ3) is 4.59. The maximum atomic E-state index is 12.2. The second-order valence-electron chi connectivity index (χ2n) is 5.75. The Morgan fingerprint density at radius 1 is 1.28 bits per heavy atom. The van der Waals surface area contributed by atoms with Crippen molar-refractivity contribution in [2.75, 3.05) is 22.1 Å². The summed E-state index contributed by atoms with van der Waals surface area (Å²) >= 11 is 6.54. The molecule has 2 aromatic carbocycles. The largest absolute Gasteiger partial charge is 0.325 e. The summed E-state index contributed by atoms with van der Waals surface area (Å²) in [5.41, 5.74) is 3.74. The minimum absolute atomic E-state index is 0.0161. The van der Waals surface area contributed by atoms with Gasteiger partial charge in [-0.1, -0.05) is 15.9 Å². The molecule has 0 bridgehead atoms. The number of rotatable bonds is 4. The lowest BCUT2D eigenvalue weighted by molar-refractivity contribution is -0.114. The quantitative estimate of drug-likeness (QED) is 0.672. The maximum Gasteiger partial charge on any atom is 0.234 e. The molecule has 4 nitrogen and oxygen atoms in total. The molecule has 0 fully saturated rings. The molecule has 0 saturated heterocycles. The molecule has 0 unspecified atom stereocenters. The summed E-state index contributed by atoms with van der Waals surface area (Å²) in [6.07, 6.45) is 0. The van der Waals surface area contributed by atoms with Crippen molar-refractivity contribution in [1.82, 2.24) is 0 Å². The number of hydrogen-bond acceptors (Lipinski definition) is 4. The Morgan fingerprint density at radius 2 is 2.08 bits per heavy atom. The fourth-order valence-electron chi connectivity index (χ4n) is 2.41. The molecule has 1 aliphatic rings. The number of carbonyl (C=O) groups is 2. The van der Waals surface area contributed by atoms with E-state index in [0.717, 1.165) is 31.1 Å². The Kier molecular flexibility index (Phi) is 5.76. The van der Waals surface area contributed by atoms with Gasteiger partial charge < -0.3 is 10.6 Å². The molecule has 2 aromatic rings. The van der Waals surface area contributed by atoms with Crippen LogP contribution in [0.25, 0.3) is 0 Å². The zero-order valence-corrected chi connectivity index (χ0v) is 17.0. The van der Waals surface area contributed by atoms with Crippen LogP contribution in [0.15, 0.2) is 44.6 Å². The molecule has 3 rings (SSSR count). The third-order valence-electron chi connectivity index (χ3n) is 3.71. The highest BCUT2D eigenvalue weighted by Crippen LogP contribution is 2.33. The van der Waals surface area contributed by atoms with Gasteiger partial charge in [0.05, 0.1) is 17.2 Å². The van der Waals surface area contributed by atoms with Crippen molar-refractivity contribution in [2.45, 2.75) is 23.6 Å². The van der Waals surface area contributed by atoms with Crippen LogP contribution in [0.1, 0.15) is 11.1 Å². The van der Waals surface area contributed by atoms with E-state index in [9.17, 15) is 9.59 Å². The summed E-state index contributed by atoms with van der Waals surface area (Å²) in [4.78, 5) is 25.8. The lowest BCUT2D eigenvalue weighted by Crippen LogP contribution is -2.19. The van der Waals surface area contributed by atoms with Crippen molar-refractivity contribution < 1.29 is 9.59 Å². The minimum Gasteiger partial charge on any atom is -0.325 e. The zero-order chi connectivity index (χ0) is 18.0. The van der Waals surface area contributed by atoms with Crippen LogP contribution in [0.5, 0.6) is 0 Å². The highest BCUT2D eigenvalue weighted by molar-refractivity contribution is 9.10. The highest BCUT2D eigenvalue weighted by Gasteiger charge is 2.16. The number of fused-ring (bicyclic) bond motifs is 1. The van der Waals surface area contributed by atoms with Gasteiger partial charge in [0.1, 0.15) is 0 Å². The van der Waals surface area contributed by atoms with Gasteiger partial charge in [-0.25, -0.2) is 0 Å². The predicted molar refractivity (Wildman–Crippen MR) is 109 cm³/mol. The number of anilines is 2. The number of amides is 2. The summed E-state index contributed by atoms with van der Waals surface area (Å²) in [5.74, 6) is 0.679. The van der Waals surface area contributed by atoms with E-state index in [4.69, 9.17) is 0 Å². The third-order valence-corrected chi connectivity index (χ3v) is 6.80. The summed E-state index contributed by atoms with van der Waals surface area (Å²) < 4.78 is 1.08. The molecule has 0 saturated carbocycles. The van der Waals surface area contributed by atoms with Crippen LogP contribution < -0.4 is 10.6 Å². The van der Waals surface area contributed by atoms with Crippen molar-refractivity contribution in [1.29, 1.82) is 0 Å². The summed E-state index contributed by atoms with van der Waals surface area (Å²) in [5, 5.41) is 5.72. The first-order valence-electron chi connectivity index (χ1n) is 7.68. The van der Waals surface area contributed by atoms with Gasteiger partial charge in [0.25, 0.3) is 0 Å². The van der Waals surface area contributed by atoms with Crippen LogP contribution >= 0.6 is 39.5 Å². The minimum atomic E-state index is -0.0697. The molecule has 1 heterocycles. The van der Waals surface area contributed by atoms with Gasteiger partial charge >= 0.3 is 0 Å². The molecule has 0 spiro atoms. The molecule has 0 radical (unpaired) electrons. The van der Waals surface area contributed by atoms with Gasteiger partial charge in [0, 0.05) is 20.0 Å². The van der Waals surface area contributed by atoms with Gasteiger partial charge in [-0.2, -0.15) is 0 Å². The molecule has 0 aromatic heterocycles. The van der Waals surface area contributed by atoms with Crippen LogP contribution in [-0.4, -0.2) is 23.3 Å². The average Bonchev–Trinajstić information content (AvgIpc) is 2.56. The number of thioether (sulfide) groups is 2. The van der Waals surface area contributed by atoms with Crippen LogP contribution in [0.4, 0.5) is 11.4 Å². The number of aryl methyl sites for hydroxylation is 2. The Hall–Kier alpha value is -1.44. The molecular weight excluding hydrogens is 420 g/mol. The van der Waals surface area contributed by atoms with Crippen molar-refractivity contribution in [2.24, 2.45) is 0 Å². The molecule has 7 heteroatoms. The van der Waals surface area contributed by atoms with Gasteiger partial charge in [-0.05, 0) is 55.3 Å². The molecule has 2 N–H and O–H groups in total. The first kappa shape index (κ1) is 18.4. The molecule has 1 aliphatic heterocycles. The van der Waals surface area contributed by atoms with Crippen molar-refractivity contribution in [3.05, 3.63) is 45.9 Å². The fraction of sp³-hybridized carbons (Fsp3) is 0.222. The van der Waals surface area contributed by atoms with E-state index in [1.165, 1.54) is 23.5 Å². The summed E-state index contributed by atoms with van der Waals surface area (Å²) in [7, 11) is 0. The molecule has 0 atom stereocenters. The van der Waals surface area contributed by atoms with E-state index >= 15 is 0 Å². The normalized spacial score (nSPS) is 13.2. The van der Waals surface area contributed by atoms with Crippen LogP contribution in [-0.2, 0) is 9.59 Å². The Morgan fingerprint density at radius 3 is 2.88 bits per heavy atom. The van der Waals surface area contributed by atoms with Gasteiger partial charge in [-0.3, -0.25) is 9.59 Å². The SMILES string of the molecule is Cc1cc(SCC(=O)Nc2ccc3c(c2)NC(=O)CS3)c(C)cc1Br. The number of carbonyl (C=O) groups excluding carboxylic acids is 2. The first-order chi connectivity index (χ1) is 11.9. The first-order valence-corrected chi connectivity index (χ1v) is 10.4. The average molecular weight is 437 g/mol. The monoisotopic (exact) mass is 436 g/mol. The van der Waals surface area contributed by atoms with E-state index in [2.05, 4.69) is 38.7 Å². The van der Waals surface area contributed by atoms with Gasteiger partial charge in [-0.15, -0.1) is 23.5 Å². The van der Waals surface area contributed by atoms with Crippen molar-refractivity contribution >= 4 is 62.6 Å². The Labute approximate surface area is 163 Å². The van der Waals surface area contributed by atoms with Gasteiger partial charge in [0.15, 0.2) is 0 Å². The molecular formula is C18H17BrN2O2S2. The lowest BCUT2D eigenvalue weighted by atomic mass is 10.2. The Balaban J connectivity index is 1.62. The molecule has 25 heavy (non-hydrogen) atoms. The molecule has 0 aliphatic carbocycles. The lowest BCUT2D eigenvalue weighted by Gasteiger charge is -2.17. The van der Waals surface area contributed by atoms with Crippen LogP contribution in [0.2, 0.25) is 0 Å². The topological polar surface area (TPSA) is 58.2 Å². The Bertz CT molecular complexity index is 855. The summed E-state index contributed by atoms with van der Waals surface area (Å²) in [6, 6.07) is 9.74. The number of benzene rings is 2. The van der Waals surface area contributed by atoms with E-state index in [0.29, 0.717) is 17.2 Å². The van der Waals surface area contributed by atoms with E-state index < -0.39 is 0 Å². The predicted octanol–water partition coefficient (Wildman–Crippen LogP) is 4.84. The van der Waals surface area contributed by atoms with Crippen LogP contribution in [0.3, 0.4) is 0 Å². The van der Waals surface area contributed by atoms with Crippen LogP contribution in [0, 0.1) is 13.8 Å². The van der Waals surface area contributed by atoms with E-state index in [-0.39, 0.29) is 11.8 Å². The second kappa shape index (κ2) is 7.85. The van der Waals surface area contributed by atoms with E-state index in [1.54, 1.807) is 6.07 Å². The van der Waals surface area contributed by atoms with Crippen molar-refractivity contribution in [3.63, 3.8) is 0 Å². The standard InChI is InChI=1S/C18H17BrN2O2S2/c1-10-6-16(11(2)5-13(10)19)25-8-17(22)20-12-3-4-15-14(7-12)21-18(23)9-24-15/h3-7H,8-9H2,1-2H3,(H,20,22)(H,21,23). The smallest absolute Gasteiger partial charge is 0.234 e. The summed E-state index contributed by atoms with van der Waals surface area (Å²) in [6.45, 7) is 4.07. The van der Waals surface area contributed by atoms with Gasteiger partial charge in [0.2, 0.25) is 11.8 Å². The maximum absolute atomic E-state index is 12.2. The van der Waals surface area contributed by atoms with E-state index in [1.807, 2.05) is 26.0 Å². The zero-order valence-electron chi connectivity index (χ0n) is 13.8. The second-order valence-corrected chi connectivity index (χ2v) is 8.64. The fourth-order valence-corrected chi connectivity index (χ4v) is 4.56. The highest BCUT2D eigenvalue weighted by atomic mass is 79.9.